The topological polar surface area (TPSA) is 40.5 Å². The molecule has 1 aliphatic rings. The van der Waals surface area contributed by atoms with Gasteiger partial charge < -0.3 is 10.0 Å². The summed E-state index contributed by atoms with van der Waals surface area (Å²) in [5.74, 6) is -0.762. The first-order chi connectivity index (χ1) is 5.61. The Morgan fingerprint density at radius 3 is 2.83 bits per heavy atom. The molecule has 0 unspecified atom stereocenters. The molecular weight excluding hydrogens is 154 g/mol. The predicted octanol–water partition coefficient (Wildman–Crippen LogP) is 1.11. The predicted molar refractivity (Wildman–Crippen MR) is 47.0 cm³/mol. The van der Waals surface area contributed by atoms with Gasteiger partial charge in [-0.05, 0) is 33.4 Å². The van der Waals surface area contributed by atoms with Crippen molar-refractivity contribution >= 4 is 5.97 Å². The molecule has 0 saturated carbocycles. The Kier molecular flexibility index (Phi) is 2.87. The summed E-state index contributed by atoms with van der Waals surface area (Å²) in [5, 5.41) is 8.75. The molecule has 3 nitrogen and oxygen atoms in total. The molecule has 0 aromatic carbocycles. The van der Waals surface area contributed by atoms with Gasteiger partial charge in [-0.2, -0.15) is 0 Å². The third kappa shape index (κ3) is 2.08. The van der Waals surface area contributed by atoms with Gasteiger partial charge >= 0.3 is 5.97 Å². The van der Waals surface area contributed by atoms with E-state index in [1.54, 1.807) is 0 Å². The summed E-state index contributed by atoms with van der Waals surface area (Å²) >= 11 is 0. The fourth-order valence-corrected chi connectivity index (χ4v) is 1.49. The molecule has 68 valence electrons. The summed E-state index contributed by atoms with van der Waals surface area (Å²) < 4.78 is 0. The number of carboxylic acids is 1. The van der Waals surface area contributed by atoms with Crippen LogP contribution in [0.15, 0.2) is 11.6 Å². The van der Waals surface area contributed by atoms with E-state index >= 15 is 0 Å². The molecule has 1 N–H and O–H groups in total. The van der Waals surface area contributed by atoms with Crippen molar-refractivity contribution in [2.75, 3.05) is 14.1 Å². The largest absolute Gasteiger partial charge is 0.478 e. The first-order valence-electron chi connectivity index (χ1n) is 4.21. The number of hydrogen-bond acceptors (Lipinski definition) is 2. The zero-order valence-electron chi connectivity index (χ0n) is 7.58. The molecule has 0 heterocycles. The van der Waals surface area contributed by atoms with E-state index in [1.807, 2.05) is 20.2 Å². The molecular formula is C9H15NO2. The molecule has 0 radical (unpaired) electrons. The zero-order valence-corrected chi connectivity index (χ0v) is 7.58. The molecule has 0 fully saturated rings. The average molecular weight is 169 g/mol. The van der Waals surface area contributed by atoms with Gasteiger partial charge in [0.25, 0.3) is 0 Å². The number of likely N-dealkylation sites (N-methyl/N-ethyl adjacent to an activating group) is 1. The average Bonchev–Trinajstić information content (AvgIpc) is 2.04. The van der Waals surface area contributed by atoms with Crippen molar-refractivity contribution in [2.45, 2.75) is 25.3 Å². The molecule has 0 aromatic heterocycles. The summed E-state index contributed by atoms with van der Waals surface area (Å²) in [6.07, 6.45) is 4.65. The Morgan fingerprint density at radius 1 is 1.67 bits per heavy atom. The lowest BCUT2D eigenvalue weighted by atomic mass is 9.95. The van der Waals surface area contributed by atoms with Gasteiger partial charge in [-0.15, -0.1) is 0 Å². The molecule has 0 aliphatic heterocycles. The van der Waals surface area contributed by atoms with E-state index in [1.165, 1.54) is 0 Å². The first kappa shape index (κ1) is 9.26. The fourth-order valence-electron chi connectivity index (χ4n) is 1.49. The normalized spacial score (nSPS) is 23.9. The highest BCUT2D eigenvalue weighted by Gasteiger charge is 2.18. The highest BCUT2D eigenvalue weighted by atomic mass is 16.4. The van der Waals surface area contributed by atoms with Gasteiger partial charge in [-0.3, -0.25) is 0 Å². The molecule has 1 aliphatic carbocycles. The number of nitrogens with zero attached hydrogens (tertiary/aromatic N) is 1. The maximum atomic E-state index is 10.6. The van der Waals surface area contributed by atoms with Crippen molar-refractivity contribution < 1.29 is 9.90 Å². The molecule has 1 atom stereocenters. The van der Waals surface area contributed by atoms with Crippen LogP contribution in [0.2, 0.25) is 0 Å². The Morgan fingerprint density at radius 2 is 2.33 bits per heavy atom. The molecule has 0 saturated heterocycles. The van der Waals surface area contributed by atoms with Crippen molar-refractivity contribution in [2.24, 2.45) is 0 Å². The third-order valence-corrected chi connectivity index (χ3v) is 2.28. The van der Waals surface area contributed by atoms with Gasteiger partial charge in [0.05, 0.1) is 0 Å². The van der Waals surface area contributed by atoms with E-state index in [2.05, 4.69) is 4.90 Å². The third-order valence-electron chi connectivity index (χ3n) is 2.28. The van der Waals surface area contributed by atoms with Crippen LogP contribution in [0.3, 0.4) is 0 Å². The van der Waals surface area contributed by atoms with Gasteiger partial charge in [0.1, 0.15) is 0 Å². The number of hydrogen-bond donors (Lipinski definition) is 1. The monoisotopic (exact) mass is 169 g/mol. The van der Waals surface area contributed by atoms with E-state index < -0.39 is 5.97 Å². The van der Waals surface area contributed by atoms with Gasteiger partial charge in [-0.25, -0.2) is 4.79 Å². The lowest BCUT2D eigenvalue weighted by Gasteiger charge is -2.25. The Hall–Kier alpha value is -0.830. The zero-order chi connectivity index (χ0) is 9.14. The Labute approximate surface area is 72.7 Å². The van der Waals surface area contributed by atoms with E-state index in [-0.39, 0.29) is 0 Å². The fraction of sp³-hybridized carbons (Fsp3) is 0.667. The quantitative estimate of drug-likeness (QED) is 0.673. The molecule has 1 rings (SSSR count). The summed E-state index contributed by atoms with van der Waals surface area (Å²) in [6, 6.07) is 0.310. The summed E-state index contributed by atoms with van der Waals surface area (Å²) in [7, 11) is 3.96. The lowest BCUT2D eigenvalue weighted by Crippen LogP contribution is -2.29. The minimum absolute atomic E-state index is 0.310. The second-order valence-corrected chi connectivity index (χ2v) is 3.42. The van der Waals surface area contributed by atoms with Crippen LogP contribution in [0.5, 0.6) is 0 Å². The standard InChI is InChI=1S/C9H15NO2/c1-10(2)8-5-3-4-7(6-8)9(11)12/h6,8H,3-5H2,1-2H3,(H,11,12)/t8-/m0/s1. The van der Waals surface area contributed by atoms with Crippen LogP contribution < -0.4 is 0 Å². The van der Waals surface area contributed by atoms with E-state index in [4.69, 9.17) is 5.11 Å². The van der Waals surface area contributed by atoms with Crippen LogP contribution in [-0.4, -0.2) is 36.1 Å². The first-order valence-corrected chi connectivity index (χ1v) is 4.21. The van der Waals surface area contributed by atoms with Gasteiger partial charge in [0, 0.05) is 11.6 Å². The van der Waals surface area contributed by atoms with Crippen LogP contribution in [-0.2, 0) is 4.79 Å². The number of rotatable bonds is 2. The molecule has 0 amide bonds. The van der Waals surface area contributed by atoms with Crippen LogP contribution >= 0.6 is 0 Å². The molecule has 12 heavy (non-hydrogen) atoms. The number of carbonyl (C=O) groups is 1. The van der Waals surface area contributed by atoms with Crippen LogP contribution in [0.1, 0.15) is 19.3 Å². The van der Waals surface area contributed by atoms with Crippen molar-refractivity contribution in [3.63, 3.8) is 0 Å². The lowest BCUT2D eigenvalue weighted by molar-refractivity contribution is -0.132. The van der Waals surface area contributed by atoms with Crippen molar-refractivity contribution in [1.82, 2.24) is 4.90 Å². The maximum absolute atomic E-state index is 10.6. The Bertz CT molecular complexity index is 209. The molecule has 3 heteroatoms. The van der Waals surface area contributed by atoms with Crippen LogP contribution in [0.4, 0.5) is 0 Å². The smallest absolute Gasteiger partial charge is 0.331 e. The number of aliphatic carboxylic acids is 1. The number of carboxylic acid groups (broad SMARTS) is 1. The minimum Gasteiger partial charge on any atom is -0.478 e. The van der Waals surface area contributed by atoms with Crippen LogP contribution in [0.25, 0.3) is 0 Å². The van der Waals surface area contributed by atoms with E-state index in [9.17, 15) is 4.79 Å². The highest BCUT2D eigenvalue weighted by Crippen LogP contribution is 2.20. The van der Waals surface area contributed by atoms with Crippen molar-refractivity contribution in [3.05, 3.63) is 11.6 Å². The maximum Gasteiger partial charge on any atom is 0.331 e. The van der Waals surface area contributed by atoms with Gasteiger partial charge in [0.15, 0.2) is 0 Å². The molecule has 0 aromatic rings. The van der Waals surface area contributed by atoms with Gasteiger partial charge in [-0.1, -0.05) is 6.08 Å². The van der Waals surface area contributed by atoms with Crippen LogP contribution in [0, 0.1) is 0 Å². The second kappa shape index (κ2) is 3.72. The summed E-state index contributed by atoms with van der Waals surface area (Å²) in [4.78, 5) is 12.7. The Balaban J connectivity index is 2.70. The van der Waals surface area contributed by atoms with Crippen molar-refractivity contribution in [1.29, 1.82) is 0 Å². The SMILES string of the molecule is CN(C)[C@@H]1C=C(C(=O)O)CCC1. The summed E-state index contributed by atoms with van der Waals surface area (Å²) in [5.41, 5.74) is 0.569. The van der Waals surface area contributed by atoms with Crippen molar-refractivity contribution in [3.8, 4) is 0 Å². The van der Waals surface area contributed by atoms with E-state index in [0.717, 1.165) is 19.3 Å². The molecule has 0 spiro atoms. The minimum atomic E-state index is -0.762. The van der Waals surface area contributed by atoms with E-state index in [0.29, 0.717) is 11.6 Å². The molecule has 0 bridgehead atoms. The highest BCUT2D eigenvalue weighted by molar-refractivity contribution is 5.86. The van der Waals surface area contributed by atoms with Gasteiger partial charge in [0.2, 0.25) is 0 Å². The second-order valence-electron chi connectivity index (χ2n) is 3.42. The summed E-state index contributed by atoms with van der Waals surface area (Å²) in [6.45, 7) is 0.